The van der Waals surface area contributed by atoms with Crippen molar-refractivity contribution in [3.05, 3.63) is 65.0 Å². The quantitative estimate of drug-likeness (QED) is 0.646. The van der Waals surface area contributed by atoms with Crippen LogP contribution in [-0.2, 0) is 24.1 Å². The molecule has 3 heterocycles. The van der Waals surface area contributed by atoms with Gasteiger partial charge in [-0.05, 0) is 54.4 Å². The Hall–Kier alpha value is -2.48. The van der Waals surface area contributed by atoms with Crippen molar-refractivity contribution in [1.82, 2.24) is 20.1 Å². The highest BCUT2D eigenvalue weighted by Crippen LogP contribution is 2.26. The second kappa shape index (κ2) is 10.2. The molecule has 7 nitrogen and oxygen atoms in total. The van der Waals surface area contributed by atoms with Gasteiger partial charge in [0.15, 0.2) is 0 Å². The molecule has 2 fully saturated rings. The molecule has 1 aromatic carbocycles. The van der Waals surface area contributed by atoms with Crippen LogP contribution in [0.1, 0.15) is 41.1 Å². The van der Waals surface area contributed by atoms with E-state index in [-0.39, 0.29) is 6.03 Å². The molecule has 33 heavy (non-hydrogen) atoms. The molecule has 5 rings (SSSR count). The van der Waals surface area contributed by atoms with Gasteiger partial charge in [0.1, 0.15) is 0 Å². The molecule has 0 bridgehead atoms. The highest BCUT2D eigenvalue weighted by molar-refractivity contribution is 5.76. The van der Waals surface area contributed by atoms with Crippen molar-refractivity contribution >= 4 is 6.03 Å². The van der Waals surface area contributed by atoms with Crippen molar-refractivity contribution in [1.29, 1.82) is 0 Å². The average molecular weight is 451 g/mol. The third kappa shape index (κ3) is 5.37. The number of carbonyl (C=O) groups is 1. The molecule has 2 N–H and O–H groups in total. The van der Waals surface area contributed by atoms with Gasteiger partial charge in [-0.25, -0.2) is 4.79 Å². The Morgan fingerprint density at radius 2 is 1.79 bits per heavy atom. The van der Waals surface area contributed by atoms with E-state index >= 15 is 0 Å². The van der Waals surface area contributed by atoms with Gasteiger partial charge in [-0.2, -0.15) is 0 Å². The van der Waals surface area contributed by atoms with Crippen LogP contribution in [0.2, 0.25) is 0 Å². The summed E-state index contributed by atoms with van der Waals surface area (Å²) in [6.07, 6.45) is 5.48. The van der Waals surface area contributed by atoms with Crippen molar-refractivity contribution in [3.63, 3.8) is 0 Å². The minimum absolute atomic E-state index is 0.0161. The van der Waals surface area contributed by atoms with Crippen LogP contribution in [0.5, 0.6) is 0 Å². The number of benzene rings is 1. The Labute approximate surface area is 195 Å². The number of aromatic nitrogens is 1. The van der Waals surface area contributed by atoms with Gasteiger partial charge in [-0.15, -0.1) is 0 Å². The molecule has 1 atom stereocenters. The molecular formula is C26H34N4O3. The summed E-state index contributed by atoms with van der Waals surface area (Å²) in [4.78, 5) is 21.0. The monoisotopic (exact) mass is 450 g/mol. The van der Waals surface area contributed by atoms with E-state index in [4.69, 9.17) is 4.74 Å². The zero-order valence-electron chi connectivity index (χ0n) is 19.2. The molecule has 2 saturated heterocycles. The summed E-state index contributed by atoms with van der Waals surface area (Å²) < 4.78 is 5.45. The second-order valence-electron chi connectivity index (χ2n) is 9.56. The van der Waals surface area contributed by atoms with E-state index in [0.29, 0.717) is 44.7 Å². The summed E-state index contributed by atoms with van der Waals surface area (Å²) in [5.74, 6) is 0.526. The molecule has 1 unspecified atom stereocenters. The maximum Gasteiger partial charge on any atom is 0.320 e. The number of nitrogens with zero attached hydrogens (tertiary/aromatic N) is 3. The van der Waals surface area contributed by atoms with Gasteiger partial charge in [0.2, 0.25) is 0 Å². The normalized spacial score (nSPS) is 20.5. The fraction of sp³-hybridized carbons (Fsp3) is 0.538. The number of β-amino-alcohol motifs (C(OH)–C–C–N with tert-alkyl or cyclic N) is 1. The van der Waals surface area contributed by atoms with E-state index in [0.717, 1.165) is 44.6 Å². The number of urea groups is 1. The number of pyridine rings is 1. The minimum atomic E-state index is -0.575. The fourth-order valence-corrected chi connectivity index (χ4v) is 5.27. The third-order valence-electron chi connectivity index (χ3n) is 7.20. The molecule has 1 aliphatic carbocycles. The second-order valence-corrected chi connectivity index (χ2v) is 9.56. The Morgan fingerprint density at radius 3 is 2.48 bits per heavy atom. The lowest BCUT2D eigenvalue weighted by Gasteiger charge is -2.23. The Kier molecular flexibility index (Phi) is 6.90. The highest BCUT2D eigenvalue weighted by Gasteiger charge is 2.30. The molecule has 2 aliphatic heterocycles. The summed E-state index contributed by atoms with van der Waals surface area (Å²) in [6, 6.07) is 13.0. The molecule has 1 aromatic heterocycles. The number of rotatable bonds is 8. The SMILES string of the molecule is O=C1N(Cc2ccc(C3CCOCC3)cn2)CCN1CC(O)CNC1Cc2ccccc2C1. The van der Waals surface area contributed by atoms with Gasteiger partial charge in [0, 0.05) is 51.6 Å². The van der Waals surface area contributed by atoms with Gasteiger partial charge < -0.3 is 25.0 Å². The highest BCUT2D eigenvalue weighted by atomic mass is 16.5. The molecule has 7 heteroatoms. The standard InChI is InChI=1S/C26H34N4O3/c31-25(16-28-24-13-20-3-1-2-4-21(20)14-24)18-30-10-9-29(26(30)32)17-23-6-5-22(15-27-23)19-7-11-33-12-8-19/h1-6,15,19,24-25,28,31H,7-14,16-18H2. The molecular weight excluding hydrogens is 416 g/mol. The smallest absolute Gasteiger partial charge is 0.320 e. The predicted molar refractivity (Wildman–Crippen MR) is 126 cm³/mol. The van der Waals surface area contributed by atoms with Crippen LogP contribution < -0.4 is 5.32 Å². The topological polar surface area (TPSA) is 77.9 Å². The van der Waals surface area contributed by atoms with Crippen LogP contribution in [0.3, 0.4) is 0 Å². The van der Waals surface area contributed by atoms with Crippen LogP contribution in [-0.4, -0.2) is 77.5 Å². The van der Waals surface area contributed by atoms with Crippen molar-refractivity contribution < 1.29 is 14.6 Å². The van der Waals surface area contributed by atoms with Crippen LogP contribution >= 0.6 is 0 Å². The van der Waals surface area contributed by atoms with E-state index in [9.17, 15) is 9.90 Å². The number of carbonyl (C=O) groups excluding carboxylic acids is 1. The number of hydrogen-bond donors (Lipinski definition) is 2. The zero-order chi connectivity index (χ0) is 22.6. The van der Waals surface area contributed by atoms with Gasteiger partial charge in [0.05, 0.1) is 18.3 Å². The van der Waals surface area contributed by atoms with E-state index in [1.165, 1.54) is 16.7 Å². The number of aliphatic hydroxyl groups excluding tert-OH is 1. The third-order valence-corrected chi connectivity index (χ3v) is 7.20. The molecule has 3 aliphatic rings. The lowest BCUT2D eigenvalue weighted by atomic mass is 9.93. The van der Waals surface area contributed by atoms with Crippen molar-refractivity contribution in [2.24, 2.45) is 0 Å². The maximum absolute atomic E-state index is 12.8. The first-order chi connectivity index (χ1) is 16.2. The maximum atomic E-state index is 12.8. The van der Waals surface area contributed by atoms with Gasteiger partial charge >= 0.3 is 6.03 Å². The van der Waals surface area contributed by atoms with Gasteiger partial charge in [0.25, 0.3) is 0 Å². The van der Waals surface area contributed by atoms with Crippen LogP contribution in [0.4, 0.5) is 4.79 Å². The van der Waals surface area contributed by atoms with Crippen molar-refractivity contribution in [2.45, 2.75) is 50.3 Å². The zero-order valence-corrected chi connectivity index (χ0v) is 19.2. The summed E-state index contributed by atoms with van der Waals surface area (Å²) >= 11 is 0. The molecule has 0 radical (unpaired) electrons. The Morgan fingerprint density at radius 1 is 1.06 bits per heavy atom. The van der Waals surface area contributed by atoms with E-state index in [2.05, 4.69) is 40.6 Å². The molecule has 2 aromatic rings. The minimum Gasteiger partial charge on any atom is -0.390 e. The van der Waals surface area contributed by atoms with Crippen LogP contribution in [0.15, 0.2) is 42.6 Å². The average Bonchev–Trinajstić information content (AvgIpc) is 3.42. The van der Waals surface area contributed by atoms with Gasteiger partial charge in [-0.3, -0.25) is 4.98 Å². The van der Waals surface area contributed by atoms with Crippen molar-refractivity contribution in [3.8, 4) is 0 Å². The number of hydrogen-bond acceptors (Lipinski definition) is 5. The van der Waals surface area contributed by atoms with E-state index < -0.39 is 6.10 Å². The van der Waals surface area contributed by atoms with Crippen molar-refractivity contribution in [2.75, 3.05) is 39.4 Å². The first kappa shape index (κ1) is 22.3. The lowest BCUT2D eigenvalue weighted by Crippen LogP contribution is -2.43. The largest absolute Gasteiger partial charge is 0.390 e. The van der Waals surface area contributed by atoms with Crippen LogP contribution in [0.25, 0.3) is 0 Å². The van der Waals surface area contributed by atoms with E-state index in [1.807, 2.05) is 17.2 Å². The summed E-state index contributed by atoms with van der Waals surface area (Å²) in [7, 11) is 0. The number of ether oxygens (including phenoxy) is 1. The lowest BCUT2D eigenvalue weighted by molar-refractivity contribution is 0.0852. The first-order valence-electron chi connectivity index (χ1n) is 12.2. The predicted octanol–water partition coefficient (Wildman–Crippen LogP) is 2.33. The number of amides is 2. The molecule has 0 saturated carbocycles. The van der Waals surface area contributed by atoms with Gasteiger partial charge in [-0.1, -0.05) is 30.3 Å². The first-order valence-corrected chi connectivity index (χ1v) is 12.2. The fourth-order valence-electron chi connectivity index (χ4n) is 5.27. The number of fused-ring (bicyclic) bond motifs is 1. The Balaban J connectivity index is 1.06. The number of nitrogens with one attached hydrogen (secondary N) is 1. The Bertz CT molecular complexity index is 920. The number of aliphatic hydroxyl groups is 1. The van der Waals surface area contributed by atoms with Crippen LogP contribution in [0, 0.1) is 0 Å². The van der Waals surface area contributed by atoms with E-state index in [1.54, 1.807) is 4.90 Å². The molecule has 0 spiro atoms. The molecule has 2 amide bonds. The summed E-state index contributed by atoms with van der Waals surface area (Å²) in [5, 5.41) is 14.0. The molecule has 176 valence electrons. The summed E-state index contributed by atoms with van der Waals surface area (Å²) in [6.45, 7) is 4.32. The summed E-state index contributed by atoms with van der Waals surface area (Å²) in [5.41, 5.74) is 4.95.